The molecule has 0 radical (unpaired) electrons. The van der Waals surface area contributed by atoms with Gasteiger partial charge in [0.1, 0.15) is 16.9 Å². The topological polar surface area (TPSA) is 49.4 Å². The van der Waals surface area contributed by atoms with Crippen molar-refractivity contribution < 1.29 is 12.8 Å². The van der Waals surface area contributed by atoms with Gasteiger partial charge >= 0.3 is 0 Å². The number of nitrogens with one attached hydrogen (secondary N) is 1. The Morgan fingerprint density at radius 1 is 0.929 bits per heavy atom. The minimum absolute atomic E-state index is 0.103. The first-order valence-electron chi connectivity index (χ1n) is 8.44. The Labute approximate surface area is 172 Å². The molecule has 1 atom stereocenters. The summed E-state index contributed by atoms with van der Waals surface area (Å²) in [6.45, 7) is -0.245. The number of hydrogen-bond donors (Lipinski definition) is 1. The number of para-hydroxylation sites is 1. The van der Waals surface area contributed by atoms with Crippen LogP contribution in [0.5, 0.6) is 0 Å². The second-order valence-corrected chi connectivity index (χ2v) is 8.99. The third-order valence-electron chi connectivity index (χ3n) is 4.63. The van der Waals surface area contributed by atoms with Crippen LogP contribution in [0, 0.1) is 5.82 Å². The lowest BCUT2D eigenvalue weighted by molar-refractivity contribution is 0.331. The van der Waals surface area contributed by atoms with Gasteiger partial charge in [0, 0.05) is 27.7 Å². The molecule has 0 saturated carbocycles. The lowest BCUT2D eigenvalue weighted by Gasteiger charge is -2.38. The van der Waals surface area contributed by atoms with Crippen molar-refractivity contribution in [3.05, 3.63) is 93.7 Å². The van der Waals surface area contributed by atoms with Gasteiger partial charge in [-0.25, -0.2) is 12.8 Å². The van der Waals surface area contributed by atoms with Crippen molar-refractivity contribution in [1.29, 1.82) is 0 Å². The Balaban J connectivity index is 1.90. The highest BCUT2D eigenvalue weighted by Crippen LogP contribution is 2.41. The summed E-state index contributed by atoms with van der Waals surface area (Å²) in [4.78, 5) is 0.116. The maximum Gasteiger partial charge on any atom is 0.247 e. The maximum absolute atomic E-state index is 14.4. The van der Waals surface area contributed by atoms with Crippen LogP contribution >= 0.6 is 23.2 Å². The van der Waals surface area contributed by atoms with Gasteiger partial charge in [-0.1, -0.05) is 59.6 Å². The molecular formula is C20H15Cl2FN2O2S. The summed E-state index contributed by atoms with van der Waals surface area (Å²) in [7, 11) is -3.94. The van der Waals surface area contributed by atoms with Crippen LogP contribution in [0.25, 0.3) is 0 Å². The van der Waals surface area contributed by atoms with E-state index in [0.717, 1.165) is 0 Å². The van der Waals surface area contributed by atoms with Crippen LogP contribution in [0.4, 0.5) is 10.1 Å². The Hall–Kier alpha value is -2.12. The summed E-state index contributed by atoms with van der Waals surface area (Å²) < 4.78 is 42.4. The average molecular weight is 437 g/mol. The zero-order valence-electron chi connectivity index (χ0n) is 14.4. The number of sulfonamides is 1. The number of nitrogens with zero attached hydrogens (tertiary/aromatic N) is 1. The molecule has 1 heterocycles. The Kier molecular flexibility index (Phi) is 5.05. The van der Waals surface area contributed by atoms with Crippen LogP contribution in [0.2, 0.25) is 10.0 Å². The number of halogens is 3. The summed E-state index contributed by atoms with van der Waals surface area (Å²) in [5.41, 5.74) is 1.13. The summed E-state index contributed by atoms with van der Waals surface area (Å²) >= 11 is 12.5. The second kappa shape index (κ2) is 7.37. The molecule has 0 amide bonds. The fourth-order valence-corrected chi connectivity index (χ4v) is 5.35. The van der Waals surface area contributed by atoms with Gasteiger partial charge in [0.15, 0.2) is 0 Å². The highest BCUT2D eigenvalue weighted by molar-refractivity contribution is 7.89. The Morgan fingerprint density at radius 3 is 2.36 bits per heavy atom. The molecule has 1 N–H and O–H groups in total. The van der Waals surface area contributed by atoms with E-state index in [2.05, 4.69) is 5.32 Å². The molecule has 4 nitrogen and oxygen atoms in total. The van der Waals surface area contributed by atoms with Crippen LogP contribution in [-0.4, -0.2) is 12.7 Å². The van der Waals surface area contributed by atoms with E-state index in [0.29, 0.717) is 16.3 Å². The van der Waals surface area contributed by atoms with Gasteiger partial charge in [-0.2, -0.15) is 4.31 Å². The highest BCUT2D eigenvalue weighted by Gasteiger charge is 2.40. The van der Waals surface area contributed by atoms with Gasteiger partial charge in [-0.15, -0.1) is 0 Å². The molecule has 144 valence electrons. The molecule has 8 heteroatoms. The zero-order valence-corrected chi connectivity index (χ0v) is 16.8. The van der Waals surface area contributed by atoms with E-state index >= 15 is 0 Å². The largest absolute Gasteiger partial charge is 0.364 e. The Morgan fingerprint density at radius 2 is 1.61 bits per heavy atom. The van der Waals surface area contributed by atoms with Crippen LogP contribution in [0.15, 0.2) is 71.6 Å². The predicted molar refractivity (Wildman–Crippen MR) is 108 cm³/mol. The van der Waals surface area contributed by atoms with E-state index in [1.54, 1.807) is 42.5 Å². The van der Waals surface area contributed by atoms with Gasteiger partial charge in [0.2, 0.25) is 10.0 Å². The standard InChI is InChI=1S/C20H15Cl2FN2O2S/c21-15-7-2-1-6-13(15)20-24-18-10-3-4-11-19(18)28(26,27)25(20)12-14-16(22)8-5-9-17(14)23/h1-11,20,24H,12H2/t20-/m1/s1. The lowest BCUT2D eigenvalue weighted by Crippen LogP contribution is -2.42. The molecule has 0 aliphatic carbocycles. The van der Waals surface area contributed by atoms with Crippen molar-refractivity contribution in [3.8, 4) is 0 Å². The van der Waals surface area contributed by atoms with Crippen molar-refractivity contribution in [1.82, 2.24) is 4.31 Å². The molecule has 0 unspecified atom stereocenters. The summed E-state index contributed by atoms with van der Waals surface area (Å²) in [6.07, 6.45) is -0.815. The summed E-state index contributed by atoms with van der Waals surface area (Å²) in [5, 5.41) is 3.78. The Bertz CT molecular complexity index is 1130. The maximum atomic E-state index is 14.4. The van der Waals surface area contributed by atoms with Crippen LogP contribution in [0.1, 0.15) is 17.3 Å². The van der Waals surface area contributed by atoms with E-state index < -0.39 is 22.0 Å². The summed E-state index contributed by atoms with van der Waals surface area (Å²) in [6, 6.07) is 17.8. The molecular weight excluding hydrogens is 422 g/mol. The third-order valence-corrected chi connectivity index (χ3v) is 7.20. The second-order valence-electron chi connectivity index (χ2n) is 6.32. The quantitative estimate of drug-likeness (QED) is 0.593. The smallest absolute Gasteiger partial charge is 0.247 e. The first-order chi connectivity index (χ1) is 13.4. The normalized spacial score (nSPS) is 18.3. The van der Waals surface area contributed by atoms with Gasteiger partial charge in [-0.05, 0) is 30.3 Å². The van der Waals surface area contributed by atoms with Crippen molar-refractivity contribution in [2.45, 2.75) is 17.6 Å². The van der Waals surface area contributed by atoms with Crippen LogP contribution in [-0.2, 0) is 16.6 Å². The summed E-state index contributed by atoms with van der Waals surface area (Å²) in [5.74, 6) is -0.570. The SMILES string of the molecule is O=S1(=O)c2ccccc2N[C@@H](c2ccccc2Cl)N1Cc1c(F)cccc1Cl. The number of hydrogen-bond acceptors (Lipinski definition) is 3. The molecule has 1 aliphatic rings. The van der Waals surface area contributed by atoms with E-state index in [9.17, 15) is 12.8 Å². The molecule has 3 aromatic rings. The first-order valence-corrected chi connectivity index (χ1v) is 10.6. The molecule has 3 aromatic carbocycles. The van der Waals surface area contributed by atoms with Gasteiger partial charge in [0.05, 0.1) is 5.69 Å². The zero-order chi connectivity index (χ0) is 19.9. The van der Waals surface area contributed by atoms with Crippen LogP contribution in [0.3, 0.4) is 0 Å². The van der Waals surface area contributed by atoms with E-state index in [-0.39, 0.29) is 22.0 Å². The monoisotopic (exact) mass is 436 g/mol. The minimum Gasteiger partial charge on any atom is -0.364 e. The molecule has 4 rings (SSSR count). The number of benzene rings is 3. The molecule has 0 saturated heterocycles. The molecule has 28 heavy (non-hydrogen) atoms. The van der Waals surface area contributed by atoms with Crippen LogP contribution < -0.4 is 5.32 Å². The fraction of sp³-hybridized carbons (Fsp3) is 0.100. The van der Waals surface area contributed by atoms with Gasteiger partial charge in [-0.3, -0.25) is 0 Å². The minimum atomic E-state index is -3.94. The predicted octanol–water partition coefficient (Wildman–Crippen LogP) is 5.45. The number of fused-ring (bicyclic) bond motifs is 1. The molecule has 1 aliphatic heterocycles. The number of anilines is 1. The number of rotatable bonds is 3. The van der Waals surface area contributed by atoms with E-state index in [1.165, 1.54) is 28.6 Å². The lowest BCUT2D eigenvalue weighted by atomic mass is 10.1. The van der Waals surface area contributed by atoms with Gasteiger partial charge < -0.3 is 5.32 Å². The molecule has 0 aromatic heterocycles. The highest BCUT2D eigenvalue weighted by atomic mass is 35.5. The van der Waals surface area contributed by atoms with E-state index in [1.807, 2.05) is 0 Å². The van der Waals surface area contributed by atoms with Crippen molar-refractivity contribution in [2.24, 2.45) is 0 Å². The van der Waals surface area contributed by atoms with Gasteiger partial charge in [0.25, 0.3) is 0 Å². The van der Waals surface area contributed by atoms with Crippen molar-refractivity contribution in [2.75, 3.05) is 5.32 Å². The first kappa shape index (κ1) is 19.2. The third kappa shape index (κ3) is 3.26. The van der Waals surface area contributed by atoms with Crippen molar-refractivity contribution >= 4 is 38.9 Å². The fourth-order valence-electron chi connectivity index (χ4n) is 3.24. The van der Waals surface area contributed by atoms with Crippen molar-refractivity contribution in [3.63, 3.8) is 0 Å². The van der Waals surface area contributed by atoms with E-state index in [4.69, 9.17) is 23.2 Å². The molecule has 0 spiro atoms. The molecule has 0 fully saturated rings. The average Bonchev–Trinajstić information content (AvgIpc) is 2.66. The molecule has 0 bridgehead atoms.